The molecule has 2 atom stereocenters. The molecule has 110 valence electrons. The molecule has 0 bridgehead atoms. The lowest BCUT2D eigenvalue weighted by molar-refractivity contribution is -0.124. The molecule has 1 aromatic carbocycles. The topological polar surface area (TPSA) is 41.1 Å². The molecule has 1 aromatic rings. The minimum absolute atomic E-state index is 0.0590. The first-order valence-electron chi connectivity index (χ1n) is 7.54. The van der Waals surface area contributed by atoms with Crippen LogP contribution in [0.3, 0.4) is 0 Å². The fourth-order valence-corrected chi connectivity index (χ4v) is 2.74. The lowest BCUT2D eigenvalue weighted by Gasteiger charge is -2.32. The van der Waals surface area contributed by atoms with E-state index in [2.05, 4.69) is 55.7 Å². The van der Waals surface area contributed by atoms with Crippen molar-refractivity contribution < 1.29 is 4.79 Å². The number of benzene rings is 1. The van der Waals surface area contributed by atoms with Gasteiger partial charge in [0.05, 0.1) is 6.04 Å². The van der Waals surface area contributed by atoms with E-state index in [9.17, 15) is 4.79 Å². The van der Waals surface area contributed by atoms with E-state index in [-0.39, 0.29) is 23.4 Å². The van der Waals surface area contributed by atoms with Gasteiger partial charge in [-0.05, 0) is 30.2 Å². The van der Waals surface area contributed by atoms with E-state index in [0.717, 1.165) is 25.8 Å². The van der Waals surface area contributed by atoms with Gasteiger partial charge in [-0.2, -0.15) is 0 Å². The molecule has 0 aliphatic carbocycles. The van der Waals surface area contributed by atoms with Gasteiger partial charge < -0.3 is 5.32 Å². The predicted molar refractivity (Wildman–Crippen MR) is 82.4 cm³/mol. The Kier molecular flexibility index (Phi) is 4.81. The zero-order valence-corrected chi connectivity index (χ0v) is 12.8. The summed E-state index contributed by atoms with van der Waals surface area (Å²) in [7, 11) is 0. The number of carbonyl (C=O) groups excluding carboxylic acids is 1. The van der Waals surface area contributed by atoms with Gasteiger partial charge in [-0.3, -0.25) is 10.1 Å². The van der Waals surface area contributed by atoms with Crippen LogP contribution in [0.4, 0.5) is 0 Å². The second-order valence-electron chi connectivity index (χ2n) is 6.88. The number of hydrogen-bond donors (Lipinski definition) is 2. The van der Waals surface area contributed by atoms with E-state index in [0.29, 0.717) is 0 Å². The van der Waals surface area contributed by atoms with Crippen LogP contribution in [-0.4, -0.2) is 18.5 Å². The third kappa shape index (κ3) is 4.34. The highest BCUT2D eigenvalue weighted by molar-refractivity contribution is 5.82. The highest BCUT2D eigenvalue weighted by atomic mass is 16.2. The Morgan fingerprint density at radius 2 is 2.00 bits per heavy atom. The Balaban J connectivity index is 2.12. The van der Waals surface area contributed by atoms with Crippen LogP contribution in [0.2, 0.25) is 0 Å². The van der Waals surface area contributed by atoms with Crippen molar-refractivity contribution in [2.45, 2.75) is 52.1 Å². The van der Waals surface area contributed by atoms with Crippen molar-refractivity contribution in [1.82, 2.24) is 10.6 Å². The van der Waals surface area contributed by atoms with Crippen molar-refractivity contribution in [2.75, 3.05) is 6.54 Å². The van der Waals surface area contributed by atoms with Crippen LogP contribution in [0.15, 0.2) is 30.3 Å². The lowest BCUT2D eigenvalue weighted by Crippen LogP contribution is -2.49. The molecule has 1 amide bonds. The minimum atomic E-state index is -0.0590. The summed E-state index contributed by atoms with van der Waals surface area (Å²) in [6.45, 7) is 7.54. The van der Waals surface area contributed by atoms with Crippen LogP contribution >= 0.6 is 0 Å². The van der Waals surface area contributed by atoms with Crippen molar-refractivity contribution in [1.29, 1.82) is 0 Å². The molecule has 0 saturated carbocycles. The molecule has 1 fully saturated rings. The fraction of sp³-hybridized carbons (Fsp3) is 0.588. The molecular weight excluding hydrogens is 248 g/mol. The first-order valence-corrected chi connectivity index (χ1v) is 7.54. The highest BCUT2D eigenvalue weighted by Crippen LogP contribution is 2.30. The quantitative estimate of drug-likeness (QED) is 0.886. The zero-order chi connectivity index (χ0) is 14.6. The molecule has 2 rings (SSSR count). The first kappa shape index (κ1) is 15.0. The molecule has 3 heteroatoms. The van der Waals surface area contributed by atoms with Crippen LogP contribution in [0, 0.1) is 5.41 Å². The Labute approximate surface area is 122 Å². The monoisotopic (exact) mass is 274 g/mol. The second kappa shape index (κ2) is 6.40. The molecule has 3 nitrogen and oxygen atoms in total. The van der Waals surface area contributed by atoms with Crippen LogP contribution < -0.4 is 10.6 Å². The van der Waals surface area contributed by atoms with E-state index < -0.39 is 0 Å². The molecule has 20 heavy (non-hydrogen) atoms. The van der Waals surface area contributed by atoms with Gasteiger partial charge in [-0.15, -0.1) is 0 Å². The standard InChI is InChI=1S/C17H26N2O/c1-17(2,3)12-15(13-8-5-4-6-9-13)19-14-10-7-11-18-16(14)20/h4-6,8-9,14-15,19H,7,10-12H2,1-3H3,(H,18,20). The molecule has 1 heterocycles. The van der Waals surface area contributed by atoms with Gasteiger partial charge >= 0.3 is 0 Å². The van der Waals surface area contributed by atoms with Gasteiger partial charge in [0, 0.05) is 12.6 Å². The molecular formula is C17H26N2O. The van der Waals surface area contributed by atoms with Crippen molar-refractivity contribution in [2.24, 2.45) is 5.41 Å². The zero-order valence-electron chi connectivity index (χ0n) is 12.8. The van der Waals surface area contributed by atoms with E-state index in [1.54, 1.807) is 0 Å². The average molecular weight is 274 g/mol. The van der Waals surface area contributed by atoms with Crippen LogP contribution in [0.25, 0.3) is 0 Å². The maximum Gasteiger partial charge on any atom is 0.237 e. The summed E-state index contributed by atoms with van der Waals surface area (Å²) < 4.78 is 0. The SMILES string of the molecule is CC(C)(C)CC(NC1CCCNC1=O)c1ccccc1. The van der Waals surface area contributed by atoms with Gasteiger partial charge in [-0.1, -0.05) is 51.1 Å². The summed E-state index contributed by atoms with van der Waals surface area (Å²) in [4.78, 5) is 12.0. The molecule has 2 N–H and O–H groups in total. The van der Waals surface area contributed by atoms with Gasteiger partial charge in [0.1, 0.15) is 0 Å². The summed E-state index contributed by atoms with van der Waals surface area (Å²) in [5.74, 6) is 0.145. The van der Waals surface area contributed by atoms with E-state index >= 15 is 0 Å². The summed E-state index contributed by atoms with van der Waals surface area (Å²) in [5.41, 5.74) is 1.49. The van der Waals surface area contributed by atoms with Crippen LogP contribution in [0.1, 0.15) is 51.6 Å². The van der Waals surface area contributed by atoms with Gasteiger partial charge in [-0.25, -0.2) is 0 Å². The van der Waals surface area contributed by atoms with Gasteiger partial charge in [0.25, 0.3) is 0 Å². The fourth-order valence-electron chi connectivity index (χ4n) is 2.74. The smallest absolute Gasteiger partial charge is 0.237 e. The van der Waals surface area contributed by atoms with Crippen LogP contribution in [0.5, 0.6) is 0 Å². The van der Waals surface area contributed by atoms with E-state index in [1.807, 2.05) is 6.07 Å². The average Bonchev–Trinajstić information content (AvgIpc) is 2.40. The highest BCUT2D eigenvalue weighted by Gasteiger charge is 2.27. The molecule has 1 aliphatic rings. The Hall–Kier alpha value is -1.35. The second-order valence-corrected chi connectivity index (χ2v) is 6.88. The van der Waals surface area contributed by atoms with Gasteiger partial charge in [0.2, 0.25) is 5.91 Å². The summed E-state index contributed by atoms with van der Waals surface area (Å²) in [6, 6.07) is 10.6. The molecule has 0 aromatic heterocycles. The summed E-state index contributed by atoms with van der Waals surface area (Å²) >= 11 is 0. The Morgan fingerprint density at radius 3 is 2.60 bits per heavy atom. The van der Waals surface area contributed by atoms with E-state index in [4.69, 9.17) is 0 Å². The Morgan fingerprint density at radius 1 is 1.30 bits per heavy atom. The number of hydrogen-bond acceptors (Lipinski definition) is 2. The lowest BCUT2D eigenvalue weighted by atomic mass is 9.85. The third-order valence-corrected chi connectivity index (χ3v) is 3.71. The number of rotatable bonds is 4. The van der Waals surface area contributed by atoms with Crippen molar-refractivity contribution >= 4 is 5.91 Å². The van der Waals surface area contributed by atoms with Crippen molar-refractivity contribution in [3.8, 4) is 0 Å². The molecule has 0 spiro atoms. The summed E-state index contributed by atoms with van der Waals surface area (Å²) in [5, 5.41) is 6.52. The van der Waals surface area contributed by atoms with Crippen molar-refractivity contribution in [3.05, 3.63) is 35.9 Å². The minimum Gasteiger partial charge on any atom is -0.355 e. The third-order valence-electron chi connectivity index (χ3n) is 3.71. The maximum atomic E-state index is 12.0. The largest absolute Gasteiger partial charge is 0.355 e. The molecule has 1 saturated heterocycles. The number of nitrogens with one attached hydrogen (secondary N) is 2. The normalized spacial score (nSPS) is 21.4. The predicted octanol–water partition coefficient (Wildman–Crippen LogP) is 3.03. The number of piperidine rings is 1. The summed E-state index contributed by atoms with van der Waals surface area (Å²) in [6.07, 6.45) is 3.00. The van der Waals surface area contributed by atoms with Crippen molar-refractivity contribution in [3.63, 3.8) is 0 Å². The molecule has 0 radical (unpaired) electrons. The molecule has 2 unspecified atom stereocenters. The van der Waals surface area contributed by atoms with Gasteiger partial charge in [0.15, 0.2) is 0 Å². The number of carbonyl (C=O) groups is 1. The first-order chi connectivity index (χ1) is 9.46. The Bertz CT molecular complexity index is 436. The van der Waals surface area contributed by atoms with Crippen LogP contribution in [-0.2, 0) is 4.79 Å². The number of amides is 1. The van der Waals surface area contributed by atoms with E-state index in [1.165, 1.54) is 5.56 Å². The molecule has 1 aliphatic heterocycles. The maximum absolute atomic E-state index is 12.0.